The van der Waals surface area contributed by atoms with Gasteiger partial charge in [-0.3, -0.25) is 18.6 Å². The van der Waals surface area contributed by atoms with Gasteiger partial charge < -0.3 is 20.1 Å². The van der Waals surface area contributed by atoms with Crippen LogP contribution < -0.4 is 5.73 Å². The van der Waals surface area contributed by atoms with Crippen LogP contribution in [-0.2, 0) is 32.7 Å². The van der Waals surface area contributed by atoms with Crippen LogP contribution in [0.25, 0.3) is 0 Å². The van der Waals surface area contributed by atoms with Crippen molar-refractivity contribution in [1.82, 2.24) is 0 Å². The summed E-state index contributed by atoms with van der Waals surface area (Å²) in [4.78, 5) is 35.4. The van der Waals surface area contributed by atoms with Crippen molar-refractivity contribution in [2.24, 2.45) is 5.73 Å². The maximum atomic E-state index is 12.8. The molecule has 9 nitrogen and oxygen atoms in total. The van der Waals surface area contributed by atoms with Crippen molar-refractivity contribution in [3.8, 4) is 0 Å². The topological polar surface area (TPSA) is 134 Å². The molecule has 0 rings (SSSR count). The summed E-state index contributed by atoms with van der Waals surface area (Å²) in [6.07, 6.45) is 120. The molecular weight excluding hydrogens is 1190 g/mol. The summed E-state index contributed by atoms with van der Waals surface area (Å²) in [7, 11) is -4.42. The van der Waals surface area contributed by atoms with Crippen LogP contribution in [0.5, 0.6) is 0 Å². The second kappa shape index (κ2) is 77.3. The zero-order chi connectivity index (χ0) is 68.6. The molecule has 95 heavy (non-hydrogen) atoms. The highest BCUT2D eigenvalue weighted by Gasteiger charge is 2.26. The van der Waals surface area contributed by atoms with E-state index in [0.29, 0.717) is 6.42 Å². The molecule has 10 heteroatoms. The molecule has 0 aromatic carbocycles. The zero-order valence-corrected chi connectivity index (χ0v) is 60.7. The molecule has 3 N–H and O–H groups in total. The van der Waals surface area contributed by atoms with E-state index in [9.17, 15) is 19.0 Å². The Hall–Kier alpha value is -5.67. The normalized spacial score (nSPS) is 14.2. The lowest BCUT2D eigenvalue weighted by Gasteiger charge is -2.19. The van der Waals surface area contributed by atoms with Gasteiger partial charge in [-0.05, 0) is 154 Å². The van der Waals surface area contributed by atoms with Gasteiger partial charge in [0.1, 0.15) is 6.61 Å². The Morgan fingerprint density at radius 3 is 0.811 bits per heavy atom. The summed E-state index contributed by atoms with van der Waals surface area (Å²) >= 11 is 0. The van der Waals surface area contributed by atoms with E-state index in [1.165, 1.54) is 70.6 Å². The molecule has 0 aromatic rings. The minimum atomic E-state index is -4.42. The second-order valence-electron chi connectivity index (χ2n) is 23.7. The summed E-state index contributed by atoms with van der Waals surface area (Å²) in [5.74, 6) is -0.870. The maximum absolute atomic E-state index is 12.8. The van der Waals surface area contributed by atoms with Gasteiger partial charge in [-0.1, -0.05) is 322 Å². The van der Waals surface area contributed by atoms with Crippen LogP contribution in [0.3, 0.4) is 0 Å². The number of esters is 2. The number of hydrogen-bond acceptors (Lipinski definition) is 8. The van der Waals surface area contributed by atoms with E-state index in [1.807, 2.05) is 0 Å². The van der Waals surface area contributed by atoms with Gasteiger partial charge in [-0.25, -0.2) is 4.57 Å². The fraction of sp³-hybridized carbons (Fsp3) is 0.553. The number of phosphoric acid groups is 1. The standard InChI is InChI=1S/C85H134NO8P/c1-3-5-7-9-11-13-15-17-19-21-23-25-27-29-31-33-35-37-38-39-40-41-42-43-44-46-48-50-52-54-56-58-60-62-64-66-68-70-72-74-76-78-85(88)94-83(82-93-95(89,90)92-80-79-86)81-91-84(87)77-75-73-71-69-67-65-63-61-59-57-55-53-51-49-47-45-36-34-32-30-28-26-24-22-20-18-16-14-12-10-8-6-4-2/h5-8,11-14,17-20,23-26,29-32,35-37,39-40,42-43,45-46,48,52,54,58,60,64,66,83H,3-4,9-10,15-16,21-22,27-28,33-34,38,41,44,47,49-51,53,55-57,59,61-63,65,67-82,86H2,1-2H3,(H,89,90)/b7-5-,8-6-,13-11-,14-12-,19-17-,20-18-,25-23-,26-24-,31-29-,32-30-,37-35-,40-39-,43-42-,45-36-,48-46-,54-52-,60-58-,66-64-. The molecule has 0 radical (unpaired) electrons. The SMILES string of the molecule is CC/C=C\C/C=C\C/C=C\C/C=C\C/C=C\C/C=C\C/C=C\C/C=C\C/C=C\C/C=C\C/C=C\C/C=C\CCCCCCC(=O)OC(COC(=O)CCCCCCCCCCCCCCCC/C=C\C/C=C\C/C=C\C/C=C\C/C=C\C/C=C\CC)COP(=O)(O)OCCN. The molecule has 532 valence electrons. The molecule has 0 saturated heterocycles. The van der Waals surface area contributed by atoms with Gasteiger partial charge in [0.2, 0.25) is 0 Å². The number of unbranched alkanes of at least 4 members (excludes halogenated alkanes) is 18. The number of ether oxygens (including phenoxy) is 2. The summed E-state index contributed by atoms with van der Waals surface area (Å²) in [5.41, 5.74) is 5.40. The van der Waals surface area contributed by atoms with Crippen molar-refractivity contribution in [3.63, 3.8) is 0 Å². The third-order valence-electron chi connectivity index (χ3n) is 14.9. The van der Waals surface area contributed by atoms with E-state index in [1.54, 1.807) is 0 Å². The van der Waals surface area contributed by atoms with Crippen molar-refractivity contribution in [2.45, 2.75) is 277 Å². The Bertz CT molecular complexity index is 2370. The van der Waals surface area contributed by atoms with Gasteiger partial charge in [-0.2, -0.15) is 0 Å². The van der Waals surface area contributed by atoms with Gasteiger partial charge in [0.05, 0.1) is 13.2 Å². The molecule has 0 spiro atoms. The first kappa shape index (κ1) is 89.3. The third kappa shape index (κ3) is 77.2. The molecule has 0 bridgehead atoms. The van der Waals surface area contributed by atoms with E-state index in [0.717, 1.165) is 167 Å². The average molecular weight is 1330 g/mol. The average Bonchev–Trinajstić information content (AvgIpc) is 2.75. The largest absolute Gasteiger partial charge is 0.472 e. The van der Waals surface area contributed by atoms with Crippen LogP contribution in [0.15, 0.2) is 219 Å². The fourth-order valence-electron chi connectivity index (χ4n) is 9.44. The van der Waals surface area contributed by atoms with E-state index in [2.05, 4.69) is 233 Å². The maximum Gasteiger partial charge on any atom is 0.472 e. The summed E-state index contributed by atoms with van der Waals surface area (Å²) < 4.78 is 33.2. The molecule has 0 aliphatic carbocycles. The smallest absolute Gasteiger partial charge is 0.462 e. The molecular formula is C85H134NO8P. The van der Waals surface area contributed by atoms with Gasteiger partial charge in [0.25, 0.3) is 0 Å². The van der Waals surface area contributed by atoms with Crippen LogP contribution in [0.1, 0.15) is 271 Å². The van der Waals surface area contributed by atoms with Gasteiger partial charge >= 0.3 is 19.8 Å². The minimum absolute atomic E-state index is 0.0382. The number of phosphoric ester groups is 1. The van der Waals surface area contributed by atoms with Crippen LogP contribution in [0.2, 0.25) is 0 Å². The Morgan fingerprint density at radius 2 is 0.547 bits per heavy atom. The Labute approximate surface area is 581 Å². The first-order valence-electron chi connectivity index (χ1n) is 37.2. The highest BCUT2D eigenvalue weighted by atomic mass is 31.2. The number of allylic oxidation sites excluding steroid dienone is 36. The number of carbonyl (C=O) groups excluding carboxylic acids is 2. The van der Waals surface area contributed by atoms with Crippen molar-refractivity contribution in [1.29, 1.82) is 0 Å². The fourth-order valence-corrected chi connectivity index (χ4v) is 10.2. The van der Waals surface area contributed by atoms with Crippen molar-refractivity contribution in [3.05, 3.63) is 219 Å². The molecule has 0 saturated carbocycles. The predicted molar refractivity (Wildman–Crippen MR) is 412 cm³/mol. The highest BCUT2D eigenvalue weighted by Crippen LogP contribution is 2.43. The zero-order valence-electron chi connectivity index (χ0n) is 59.8. The molecule has 2 atom stereocenters. The number of rotatable bonds is 67. The van der Waals surface area contributed by atoms with Crippen LogP contribution >= 0.6 is 7.82 Å². The lowest BCUT2D eigenvalue weighted by atomic mass is 10.0. The lowest BCUT2D eigenvalue weighted by molar-refractivity contribution is -0.161. The molecule has 0 heterocycles. The molecule has 0 aliphatic rings. The summed E-state index contributed by atoms with van der Waals surface area (Å²) in [6, 6.07) is 0. The Morgan fingerprint density at radius 1 is 0.316 bits per heavy atom. The van der Waals surface area contributed by atoms with Gasteiger partial charge in [0.15, 0.2) is 6.10 Å². The van der Waals surface area contributed by atoms with Crippen molar-refractivity contribution < 1.29 is 37.6 Å². The van der Waals surface area contributed by atoms with Gasteiger partial charge in [-0.15, -0.1) is 0 Å². The predicted octanol–water partition coefficient (Wildman–Crippen LogP) is 25.2. The quantitative estimate of drug-likeness (QED) is 0.0264. The van der Waals surface area contributed by atoms with E-state index in [-0.39, 0.29) is 32.6 Å². The number of nitrogens with two attached hydrogens (primary N) is 1. The highest BCUT2D eigenvalue weighted by molar-refractivity contribution is 7.47. The van der Waals surface area contributed by atoms with Crippen LogP contribution in [0, 0.1) is 0 Å². The third-order valence-corrected chi connectivity index (χ3v) is 15.8. The molecule has 0 fully saturated rings. The number of carbonyl (C=O) groups is 2. The first-order chi connectivity index (χ1) is 46.8. The first-order valence-corrected chi connectivity index (χ1v) is 38.7. The Kier molecular flexibility index (Phi) is 72.7. The summed E-state index contributed by atoms with van der Waals surface area (Å²) in [6.45, 7) is 3.47. The minimum Gasteiger partial charge on any atom is -0.462 e. The van der Waals surface area contributed by atoms with Crippen LogP contribution in [-0.4, -0.2) is 49.3 Å². The van der Waals surface area contributed by atoms with Gasteiger partial charge in [0, 0.05) is 19.4 Å². The second-order valence-corrected chi connectivity index (χ2v) is 25.1. The Balaban J connectivity index is 4.01. The lowest BCUT2D eigenvalue weighted by Crippen LogP contribution is -2.29. The monoisotopic (exact) mass is 1330 g/mol. The molecule has 2 unspecified atom stereocenters. The number of hydrogen-bond donors (Lipinski definition) is 2. The summed E-state index contributed by atoms with van der Waals surface area (Å²) in [5, 5.41) is 0. The van der Waals surface area contributed by atoms with E-state index in [4.69, 9.17) is 24.3 Å². The van der Waals surface area contributed by atoms with Crippen LogP contribution in [0.4, 0.5) is 0 Å². The molecule has 0 aliphatic heterocycles. The van der Waals surface area contributed by atoms with E-state index < -0.39 is 32.5 Å². The van der Waals surface area contributed by atoms with Crippen molar-refractivity contribution in [2.75, 3.05) is 26.4 Å². The molecule has 0 aromatic heterocycles. The van der Waals surface area contributed by atoms with Crippen molar-refractivity contribution >= 4 is 19.8 Å². The molecule has 0 amide bonds. The van der Waals surface area contributed by atoms with E-state index >= 15 is 0 Å².